The van der Waals surface area contributed by atoms with Gasteiger partial charge in [-0.15, -0.1) is 0 Å². The maximum atomic E-state index is 12.3. The topological polar surface area (TPSA) is 47.6 Å². The molecule has 1 heterocycles. The van der Waals surface area contributed by atoms with E-state index in [2.05, 4.69) is 12.2 Å². The highest BCUT2D eigenvalue weighted by Crippen LogP contribution is 2.28. The second-order valence-corrected chi connectivity index (χ2v) is 6.91. The summed E-state index contributed by atoms with van der Waals surface area (Å²) in [5, 5.41) is 3.74. The first-order valence-electron chi connectivity index (χ1n) is 8.76. The van der Waals surface area contributed by atoms with Crippen molar-refractivity contribution in [2.45, 2.75) is 51.3 Å². The number of hydrogen-bond acceptors (Lipinski definition) is 4. The van der Waals surface area contributed by atoms with Gasteiger partial charge in [-0.25, -0.2) is 0 Å². The van der Waals surface area contributed by atoms with Crippen molar-refractivity contribution in [1.82, 2.24) is 5.32 Å². The Bertz CT molecular complexity index is 505. The molecule has 0 spiro atoms. The molecule has 0 radical (unpaired) electrons. The first-order valence-corrected chi connectivity index (χ1v) is 8.76. The molecule has 0 amide bonds. The molecule has 1 saturated carbocycles. The minimum absolute atomic E-state index is 0.0434. The SMILES string of the molecule is CC1COCCC1N[C@@H]1CCC(C(=O)OCc2ccccc2)C1. The maximum Gasteiger partial charge on any atom is 0.309 e. The fourth-order valence-electron chi connectivity index (χ4n) is 3.62. The average Bonchev–Trinajstić information content (AvgIpc) is 3.04. The number of carbonyl (C=O) groups is 1. The van der Waals surface area contributed by atoms with E-state index in [0.29, 0.717) is 24.6 Å². The van der Waals surface area contributed by atoms with Crippen LogP contribution in [-0.4, -0.2) is 31.3 Å². The Morgan fingerprint density at radius 2 is 2.09 bits per heavy atom. The molecule has 2 aliphatic rings. The largest absolute Gasteiger partial charge is 0.461 e. The summed E-state index contributed by atoms with van der Waals surface area (Å²) in [6.07, 6.45) is 3.97. The van der Waals surface area contributed by atoms with Gasteiger partial charge in [0.15, 0.2) is 0 Å². The molecule has 2 fully saturated rings. The molecule has 1 saturated heterocycles. The van der Waals surface area contributed by atoms with E-state index in [1.165, 1.54) is 0 Å². The van der Waals surface area contributed by atoms with E-state index in [1.54, 1.807) is 0 Å². The lowest BCUT2D eigenvalue weighted by atomic mass is 9.96. The Balaban J connectivity index is 1.42. The predicted molar refractivity (Wildman–Crippen MR) is 88.9 cm³/mol. The third kappa shape index (κ3) is 4.55. The van der Waals surface area contributed by atoms with Crippen molar-refractivity contribution >= 4 is 5.97 Å². The average molecular weight is 317 g/mol. The lowest BCUT2D eigenvalue weighted by molar-refractivity contribution is -0.149. The Kier molecular flexibility index (Phi) is 5.68. The van der Waals surface area contributed by atoms with Crippen molar-refractivity contribution < 1.29 is 14.3 Å². The van der Waals surface area contributed by atoms with Gasteiger partial charge in [-0.05, 0) is 37.2 Å². The van der Waals surface area contributed by atoms with E-state index in [4.69, 9.17) is 9.47 Å². The Morgan fingerprint density at radius 1 is 1.26 bits per heavy atom. The minimum Gasteiger partial charge on any atom is -0.461 e. The minimum atomic E-state index is -0.0434. The van der Waals surface area contributed by atoms with Gasteiger partial charge in [0.25, 0.3) is 0 Å². The van der Waals surface area contributed by atoms with Crippen LogP contribution in [0, 0.1) is 11.8 Å². The van der Waals surface area contributed by atoms with Crippen molar-refractivity contribution in [1.29, 1.82) is 0 Å². The van der Waals surface area contributed by atoms with Crippen molar-refractivity contribution in [2.75, 3.05) is 13.2 Å². The highest BCUT2D eigenvalue weighted by atomic mass is 16.5. The van der Waals surface area contributed by atoms with Gasteiger partial charge >= 0.3 is 5.97 Å². The summed E-state index contributed by atoms with van der Waals surface area (Å²) >= 11 is 0. The lowest BCUT2D eigenvalue weighted by Gasteiger charge is -2.32. The quantitative estimate of drug-likeness (QED) is 0.848. The summed E-state index contributed by atoms with van der Waals surface area (Å²) in [4.78, 5) is 12.3. The maximum absolute atomic E-state index is 12.3. The molecule has 3 rings (SSSR count). The van der Waals surface area contributed by atoms with E-state index < -0.39 is 0 Å². The van der Waals surface area contributed by atoms with Crippen molar-refractivity contribution in [2.24, 2.45) is 11.8 Å². The van der Waals surface area contributed by atoms with Gasteiger partial charge in [-0.3, -0.25) is 4.79 Å². The van der Waals surface area contributed by atoms with E-state index in [1.807, 2.05) is 30.3 Å². The Morgan fingerprint density at radius 3 is 2.87 bits per heavy atom. The molecule has 126 valence electrons. The zero-order valence-electron chi connectivity index (χ0n) is 13.9. The van der Waals surface area contributed by atoms with Crippen LogP contribution in [-0.2, 0) is 20.9 Å². The van der Waals surface area contributed by atoms with Gasteiger partial charge in [-0.1, -0.05) is 37.3 Å². The summed E-state index contributed by atoms with van der Waals surface area (Å²) in [7, 11) is 0. The molecule has 1 aromatic rings. The van der Waals surface area contributed by atoms with Crippen LogP contribution in [0.15, 0.2) is 30.3 Å². The van der Waals surface area contributed by atoms with Crippen LogP contribution in [0.25, 0.3) is 0 Å². The Hall–Kier alpha value is -1.39. The van der Waals surface area contributed by atoms with Crippen LogP contribution in [0.5, 0.6) is 0 Å². The van der Waals surface area contributed by atoms with E-state index in [-0.39, 0.29) is 11.9 Å². The van der Waals surface area contributed by atoms with Crippen LogP contribution in [0.1, 0.15) is 38.2 Å². The summed E-state index contributed by atoms with van der Waals surface area (Å²) < 4.78 is 11.0. The van der Waals surface area contributed by atoms with Crippen molar-refractivity contribution in [3.63, 3.8) is 0 Å². The van der Waals surface area contributed by atoms with Crippen LogP contribution in [0.3, 0.4) is 0 Å². The number of hydrogen-bond donors (Lipinski definition) is 1. The van der Waals surface area contributed by atoms with Gasteiger partial charge in [0.2, 0.25) is 0 Å². The van der Waals surface area contributed by atoms with E-state index in [9.17, 15) is 4.79 Å². The second kappa shape index (κ2) is 7.93. The molecule has 23 heavy (non-hydrogen) atoms. The molecular weight excluding hydrogens is 290 g/mol. The zero-order valence-corrected chi connectivity index (χ0v) is 13.9. The van der Waals surface area contributed by atoms with Gasteiger partial charge in [0, 0.05) is 18.7 Å². The lowest BCUT2D eigenvalue weighted by Crippen LogP contribution is -2.45. The number of carbonyl (C=O) groups excluding carboxylic acids is 1. The van der Waals surface area contributed by atoms with E-state index >= 15 is 0 Å². The Labute approximate surface area is 138 Å². The number of nitrogens with one attached hydrogen (secondary N) is 1. The van der Waals surface area contributed by atoms with Gasteiger partial charge in [-0.2, -0.15) is 0 Å². The summed E-state index contributed by atoms with van der Waals surface area (Å²) in [6, 6.07) is 10.8. The smallest absolute Gasteiger partial charge is 0.309 e. The molecule has 1 N–H and O–H groups in total. The van der Waals surface area contributed by atoms with Gasteiger partial charge < -0.3 is 14.8 Å². The molecule has 0 bridgehead atoms. The van der Waals surface area contributed by atoms with Crippen LogP contribution < -0.4 is 5.32 Å². The summed E-state index contributed by atoms with van der Waals surface area (Å²) in [6.45, 7) is 4.30. The molecule has 4 atom stereocenters. The summed E-state index contributed by atoms with van der Waals surface area (Å²) in [5.74, 6) is 0.553. The second-order valence-electron chi connectivity index (χ2n) is 6.91. The third-order valence-electron chi connectivity index (χ3n) is 5.08. The van der Waals surface area contributed by atoms with Gasteiger partial charge in [0.1, 0.15) is 6.61 Å². The first kappa shape index (κ1) is 16.5. The molecule has 1 aliphatic carbocycles. The highest BCUT2D eigenvalue weighted by molar-refractivity contribution is 5.72. The summed E-state index contributed by atoms with van der Waals surface area (Å²) in [5.41, 5.74) is 1.05. The monoisotopic (exact) mass is 317 g/mol. The molecule has 4 heteroatoms. The van der Waals surface area contributed by atoms with Crippen LogP contribution in [0.2, 0.25) is 0 Å². The van der Waals surface area contributed by atoms with E-state index in [0.717, 1.165) is 44.5 Å². The highest BCUT2D eigenvalue weighted by Gasteiger charge is 2.33. The number of benzene rings is 1. The van der Waals surface area contributed by atoms with Crippen molar-refractivity contribution in [3.05, 3.63) is 35.9 Å². The number of rotatable bonds is 5. The van der Waals surface area contributed by atoms with Crippen LogP contribution >= 0.6 is 0 Å². The first-order chi connectivity index (χ1) is 11.2. The molecule has 1 aromatic carbocycles. The zero-order chi connectivity index (χ0) is 16.1. The molecule has 1 aliphatic heterocycles. The standard InChI is InChI=1S/C19H27NO3/c1-14-12-22-10-9-18(14)20-17-8-7-16(11-17)19(21)23-13-15-5-3-2-4-6-15/h2-6,14,16-18,20H,7-13H2,1H3/t14?,16?,17-,18?/m1/s1. The molecule has 0 aromatic heterocycles. The van der Waals surface area contributed by atoms with Crippen LogP contribution in [0.4, 0.5) is 0 Å². The predicted octanol–water partition coefficient (Wildman–Crippen LogP) is 2.91. The van der Waals surface area contributed by atoms with Crippen molar-refractivity contribution in [3.8, 4) is 0 Å². The molecule has 4 nitrogen and oxygen atoms in total. The fourth-order valence-corrected chi connectivity index (χ4v) is 3.62. The normalized spacial score (nSPS) is 31.0. The number of ether oxygens (including phenoxy) is 2. The molecular formula is C19H27NO3. The fraction of sp³-hybridized carbons (Fsp3) is 0.632. The van der Waals surface area contributed by atoms with Gasteiger partial charge in [0.05, 0.1) is 12.5 Å². The molecule has 3 unspecified atom stereocenters. The third-order valence-corrected chi connectivity index (χ3v) is 5.08. The number of esters is 1.